The Labute approximate surface area is 124 Å². The fourth-order valence-corrected chi connectivity index (χ4v) is 2.90. The van der Waals surface area contributed by atoms with Crippen molar-refractivity contribution in [1.82, 2.24) is 0 Å². The number of benzene rings is 2. The van der Waals surface area contributed by atoms with Crippen molar-refractivity contribution in [3.05, 3.63) is 53.1 Å². The Morgan fingerprint density at radius 2 is 1.80 bits per heavy atom. The highest BCUT2D eigenvalue weighted by Crippen LogP contribution is 2.38. The van der Waals surface area contributed by atoms with E-state index in [1.165, 1.54) is 11.4 Å². The van der Waals surface area contributed by atoms with Gasteiger partial charge in [-0.3, -0.25) is 0 Å². The second kappa shape index (κ2) is 5.35. The number of halogens is 1. The molecule has 0 aromatic heterocycles. The molecule has 0 saturated carbocycles. The third-order valence-electron chi connectivity index (χ3n) is 3.75. The minimum atomic E-state index is -0.00952. The van der Waals surface area contributed by atoms with Crippen molar-refractivity contribution in [1.29, 1.82) is 0 Å². The summed E-state index contributed by atoms with van der Waals surface area (Å²) in [4.78, 5) is 4.50. The third-order valence-corrected chi connectivity index (χ3v) is 3.98. The predicted molar refractivity (Wildman–Crippen MR) is 84.1 cm³/mol. The predicted octanol–water partition coefficient (Wildman–Crippen LogP) is 3.42. The highest BCUT2D eigenvalue weighted by atomic mass is 35.5. The Morgan fingerprint density at radius 1 is 1.05 bits per heavy atom. The second-order valence-corrected chi connectivity index (χ2v) is 5.43. The van der Waals surface area contributed by atoms with Crippen molar-refractivity contribution in [2.24, 2.45) is 0 Å². The normalized spacial score (nSPS) is 14.3. The van der Waals surface area contributed by atoms with E-state index in [0.717, 1.165) is 24.3 Å². The van der Waals surface area contributed by atoms with Gasteiger partial charge in [-0.1, -0.05) is 23.7 Å². The molecule has 0 atom stereocenters. The average molecular weight is 289 g/mol. The maximum atomic E-state index is 9.58. The van der Waals surface area contributed by atoms with Gasteiger partial charge in [-0.15, -0.1) is 0 Å². The molecule has 4 heteroatoms. The number of rotatable bonds is 2. The van der Waals surface area contributed by atoms with Crippen LogP contribution in [0.1, 0.15) is 5.56 Å². The Kier molecular flexibility index (Phi) is 3.55. The number of likely N-dealkylation sites (N-methyl/N-ethyl adjacent to an activating group) is 1. The van der Waals surface area contributed by atoms with Gasteiger partial charge in [0.2, 0.25) is 0 Å². The minimum absolute atomic E-state index is 0.00952. The van der Waals surface area contributed by atoms with Crippen LogP contribution in [0.15, 0.2) is 42.5 Å². The summed E-state index contributed by atoms with van der Waals surface area (Å²) in [6.45, 7) is 1.83. The van der Waals surface area contributed by atoms with Crippen LogP contribution in [0, 0.1) is 0 Å². The van der Waals surface area contributed by atoms with Gasteiger partial charge in [0.15, 0.2) is 0 Å². The summed E-state index contributed by atoms with van der Waals surface area (Å²) >= 11 is 6.02. The van der Waals surface area contributed by atoms with Crippen LogP contribution in [0.5, 0.6) is 0 Å². The molecule has 0 amide bonds. The van der Waals surface area contributed by atoms with Crippen LogP contribution in [-0.4, -0.2) is 25.2 Å². The van der Waals surface area contributed by atoms with Crippen molar-refractivity contribution < 1.29 is 5.11 Å². The van der Waals surface area contributed by atoms with Gasteiger partial charge < -0.3 is 14.9 Å². The molecule has 20 heavy (non-hydrogen) atoms. The quantitative estimate of drug-likeness (QED) is 0.917. The first-order valence-corrected chi connectivity index (χ1v) is 7.05. The van der Waals surface area contributed by atoms with Crippen LogP contribution in [0.3, 0.4) is 0 Å². The molecule has 2 aromatic carbocycles. The zero-order valence-corrected chi connectivity index (χ0v) is 12.1. The first kappa shape index (κ1) is 13.3. The van der Waals surface area contributed by atoms with Crippen LogP contribution in [-0.2, 0) is 6.61 Å². The number of hydrogen-bond acceptors (Lipinski definition) is 3. The summed E-state index contributed by atoms with van der Waals surface area (Å²) in [5.41, 5.74) is 4.25. The molecule has 2 aromatic rings. The second-order valence-electron chi connectivity index (χ2n) is 4.99. The molecule has 0 radical (unpaired) electrons. The highest BCUT2D eigenvalue weighted by molar-refractivity contribution is 6.30. The molecular weight excluding hydrogens is 272 g/mol. The minimum Gasteiger partial charge on any atom is -0.392 e. The van der Waals surface area contributed by atoms with E-state index in [1.54, 1.807) is 0 Å². The van der Waals surface area contributed by atoms with Crippen LogP contribution in [0.4, 0.5) is 17.1 Å². The maximum Gasteiger partial charge on any atom is 0.0702 e. The van der Waals surface area contributed by atoms with Crippen LogP contribution in [0.2, 0.25) is 5.02 Å². The Hall–Kier alpha value is -1.71. The van der Waals surface area contributed by atoms with E-state index in [4.69, 9.17) is 11.6 Å². The Bertz CT molecular complexity index is 630. The van der Waals surface area contributed by atoms with Crippen LogP contribution < -0.4 is 9.80 Å². The first-order chi connectivity index (χ1) is 9.70. The van der Waals surface area contributed by atoms with Crippen molar-refractivity contribution >= 4 is 28.7 Å². The van der Waals surface area contributed by atoms with Gasteiger partial charge in [0.1, 0.15) is 0 Å². The zero-order chi connectivity index (χ0) is 14.1. The van der Waals surface area contributed by atoms with E-state index in [-0.39, 0.29) is 6.61 Å². The number of hydrogen-bond donors (Lipinski definition) is 1. The van der Waals surface area contributed by atoms with Gasteiger partial charge in [0.05, 0.1) is 18.0 Å². The zero-order valence-electron chi connectivity index (χ0n) is 11.4. The summed E-state index contributed by atoms with van der Waals surface area (Å²) < 4.78 is 0. The van der Waals surface area contributed by atoms with Gasteiger partial charge in [-0.2, -0.15) is 0 Å². The largest absolute Gasteiger partial charge is 0.392 e. The standard InChI is InChI=1S/C16H17ClN2O/c1-18-8-9-19(16-5-3-2-4-15(16)18)14-7-6-13(17)10-12(14)11-20/h2-7,10,20H,8-9,11H2,1H3. The monoisotopic (exact) mass is 288 g/mol. The topological polar surface area (TPSA) is 26.7 Å². The van der Waals surface area contributed by atoms with Crippen molar-refractivity contribution in [3.63, 3.8) is 0 Å². The van der Waals surface area contributed by atoms with E-state index >= 15 is 0 Å². The summed E-state index contributed by atoms with van der Waals surface area (Å²) in [7, 11) is 2.10. The first-order valence-electron chi connectivity index (χ1n) is 6.67. The number of aliphatic hydroxyl groups is 1. The lowest BCUT2D eigenvalue weighted by molar-refractivity contribution is 0.282. The van der Waals surface area contributed by atoms with Gasteiger partial charge in [-0.25, -0.2) is 0 Å². The summed E-state index contributed by atoms with van der Waals surface area (Å²) in [5.74, 6) is 0. The fraction of sp³-hybridized carbons (Fsp3) is 0.250. The Morgan fingerprint density at radius 3 is 2.55 bits per heavy atom. The summed E-state index contributed by atoms with van der Waals surface area (Å²) in [6.07, 6.45) is 0. The SMILES string of the molecule is CN1CCN(c2ccc(Cl)cc2CO)c2ccccc21. The smallest absolute Gasteiger partial charge is 0.0702 e. The Balaban J connectivity index is 2.10. The van der Waals surface area contributed by atoms with E-state index in [0.29, 0.717) is 5.02 Å². The molecule has 0 bridgehead atoms. The number of para-hydroxylation sites is 2. The lowest BCUT2D eigenvalue weighted by Crippen LogP contribution is -2.36. The molecule has 0 saturated heterocycles. The molecule has 3 rings (SSSR count). The molecule has 1 aliphatic heterocycles. The van der Waals surface area contributed by atoms with Gasteiger partial charge in [0, 0.05) is 36.4 Å². The molecule has 1 aliphatic rings. The lowest BCUT2D eigenvalue weighted by Gasteiger charge is -2.37. The van der Waals surface area contributed by atoms with E-state index in [2.05, 4.69) is 29.0 Å². The van der Waals surface area contributed by atoms with Crippen molar-refractivity contribution in [2.75, 3.05) is 29.9 Å². The molecule has 104 valence electrons. The summed E-state index contributed by atoms with van der Waals surface area (Å²) in [5, 5.41) is 10.2. The fourth-order valence-electron chi connectivity index (χ4n) is 2.70. The third kappa shape index (κ3) is 2.23. The molecule has 0 fully saturated rings. The van der Waals surface area contributed by atoms with Crippen LogP contribution in [0.25, 0.3) is 0 Å². The van der Waals surface area contributed by atoms with Gasteiger partial charge >= 0.3 is 0 Å². The van der Waals surface area contributed by atoms with Gasteiger partial charge in [-0.05, 0) is 30.3 Å². The van der Waals surface area contributed by atoms with Gasteiger partial charge in [0.25, 0.3) is 0 Å². The highest BCUT2D eigenvalue weighted by Gasteiger charge is 2.22. The van der Waals surface area contributed by atoms with Crippen molar-refractivity contribution in [3.8, 4) is 0 Å². The number of anilines is 3. The molecule has 0 spiro atoms. The molecular formula is C16H17ClN2O. The van der Waals surface area contributed by atoms with Crippen molar-refractivity contribution in [2.45, 2.75) is 6.61 Å². The molecule has 0 aliphatic carbocycles. The van der Waals surface area contributed by atoms with E-state index < -0.39 is 0 Å². The summed E-state index contributed by atoms with van der Waals surface area (Å²) in [6, 6.07) is 14.0. The molecule has 0 unspecified atom stereocenters. The molecule has 1 N–H and O–H groups in total. The number of aliphatic hydroxyl groups excluding tert-OH is 1. The average Bonchev–Trinajstić information content (AvgIpc) is 2.48. The van der Waals surface area contributed by atoms with E-state index in [1.807, 2.05) is 30.3 Å². The van der Waals surface area contributed by atoms with Crippen LogP contribution >= 0.6 is 11.6 Å². The lowest BCUT2D eigenvalue weighted by atomic mass is 10.1. The molecule has 3 nitrogen and oxygen atoms in total. The number of fused-ring (bicyclic) bond motifs is 1. The molecule has 1 heterocycles. The van der Waals surface area contributed by atoms with E-state index in [9.17, 15) is 5.11 Å². The number of nitrogens with zero attached hydrogens (tertiary/aromatic N) is 2. The maximum absolute atomic E-state index is 9.58.